The monoisotopic (exact) mass is 315 g/mol. The highest BCUT2D eigenvalue weighted by atomic mass is 35.5. The first kappa shape index (κ1) is 15.7. The molecule has 0 aliphatic carbocycles. The molecule has 2 nitrogen and oxygen atoms in total. The maximum absolute atomic E-state index is 13.0. The highest BCUT2D eigenvalue weighted by Gasteiger charge is 2.34. The van der Waals surface area contributed by atoms with Crippen molar-refractivity contribution in [3.63, 3.8) is 0 Å². The summed E-state index contributed by atoms with van der Waals surface area (Å²) in [5.41, 5.74) is 5.69. The first-order valence-corrected chi connectivity index (χ1v) is 6.55. The van der Waals surface area contributed by atoms with Gasteiger partial charge in [-0.3, -0.25) is 0 Å². The summed E-state index contributed by atoms with van der Waals surface area (Å²) in [6.45, 7) is 0.0722. The lowest BCUT2D eigenvalue weighted by Gasteiger charge is -2.15. The van der Waals surface area contributed by atoms with Crippen LogP contribution in [-0.4, -0.2) is 0 Å². The van der Waals surface area contributed by atoms with E-state index in [1.54, 1.807) is 24.3 Å². The van der Waals surface area contributed by atoms with Gasteiger partial charge in [0.25, 0.3) is 0 Å². The lowest BCUT2D eigenvalue weighted by molar-refractivity contribution is -0.139. The van der Waals surface area contributed by atoms with E-state index in [9.17, 15) is 13.2 Å². The molecule has 0 unspecified atom stereocenters. The molecule has 2 aromatic carbocycles. The third-order valence-corrected chi connectivity index (χ3v) is 3.14. The van der Waals surface area contributed by atoms with Crippen molar-refractivity contribution in [3.05, 3.63) is 64.2 Å². The topological polar surface area (TPSA) is 35.2 Å². The number of ether oxygens (including phenoxy) is 1. The Bertz CT molecular complexity index is 611. The summed E-state index contributed by atoms with van der Waals surface area (Å²) in [7, 11) is 0. The van der Waals surface area contributed by atoms with Crippen LogP contribution in [0.15, 0.2) is 42.5 Å². The van der Waals surface area contributed by atoms with Crippen molar-refractivity contribution in [1.82, 2.24) is 0 Å². The fourth-order valence-electron chi connectivity index (χ4n) is 1.79. The molecule has 112 valence electrons. The molecule has 2 aromatic rings. The van der Waals surface area contributed by atoms with Gasteiger partial charge in [-0.25, -0.2) is 0 Å². The largest absolute Gasteiger partial charge is 0.488 e. The zero-order chi connectivity index (χ0) is 15.5. The van der Waals surface area contributed by atoms with Crippen LogP contribution in [0.1, 0.15) is 16.7 Å². The van der Waals surface area contributed by atoms with E-state index in [4.69, 9.17) is 22.1 Å². The zero-order valence-corrected chi connectivity index (χ0v) is 11.7. The van der Waals surface area contributed by atoms with E-state index in [1.165, 1.54) is 12.1 Å². The van der Waals surface area contributed by atoms with Crippen molar-refractivity contribution in [2.45, 2.75) is 19.3 Å². The van der Waals surface area contributed by atoms with E-state index in [0.29, 0.717) is 10.6 Å². The molecule has 0 amide bonds. The van der Waals surface area contributed by atoms with E-state index in [-0.39, 0.29) is 18.9 Å². The van der Waals surface area contributed by atoms with Crippen LogP contribution in [0, 0.1) is 0 Å². The van der Waals surface area contributed by atoms with Gasteiger partial charge in [-0.1, -0.05) is 29.8 Å². The molecular weight excluding hydrogens is 303 g/mol. The fraction of sp³-hybridized carbons (Fsp3) is 0.200. The van der Waals surface area contributed by atoms with Crippen molar-refractivity contribution in [3.8, 4) is 5.75 Å². The Kier molecular flexibility index (Phi) is 4.75. The van der Waals surface area contributed by atoms with Crippen LogP contribution in [0.5, 0.6) is 5.75 Å². The molecule has 0 bridgehead atoms. The summed E-state index contributed by atoms with van der Waals surface area (Å²) < 4.78 is 44.3. The fourth-order valence-corrected chi connectivity index (χ4v) is 1.92. The Hall–Kier alpha value is -1.72. The highest BCUT2D eigenvalue weighted by Crippen LogP contribution is 2.37. The zero-order valence-electron chi connectivity index (χ0n) is 11.0. The third kappa shape index (κ3) is 4.12. The summed E-state index contributed by atoms with van der Waals surface area (Å²) in [4.78, 5) is 0. The SMILES string of the molecule is NCc1ccc(OCc2ccc(Cl)cc2)c(C(F)(F)F)c1. The predicted molar refractivity (Wildman–Crippen MR) is 75.1 cm³/mol. The number of benzene rings is 2. The van der Waals surface area contributed by atoms with Crippen LogP contribution in [0.4, 0.5) is 13.2 Å². The molecule has 0 radical (unpaired) electrons. The van der Waals surface area contributed by atoms with Crippen LogP contribution >= 0.6 is 11.6 Å². The molecule has 0 saturated carbocycles. The van der Waals surface area contributed by atoms with Crippen LogP contribution in [-0.2, 0) is 19.3 Å². The van der Waals surface area contributed by atoms with Crippen LogP contribution in [0.2, 0.25) is 5.02 Å². The Balaban J connectivity index is 2.21. The van der Waals surface area contributed by atoms with Gasteiger partial charge in [0.1, 0.15) is 12.4 Å². The normalized spacial score (nSPS) is 11.5. The molecule has 6 heteroatoms. The minimum absolute atomic E-state index is 0.0300. The number of rotatable bonds is 4. The predicted octanol–water partition coefficient (Wildman–Crippen LogP) is 4.40. The van der Waals surface area contributed by atoms with Crippen molar-refractivity contribution in [2.24, 2.45) is 5.73 Å². The van der Waals surface area contributed by atoms with Gasteiger partial charge in [-0.15, -0.1) is 0 Å². The van der Waals surface area contributed by atoms with Crippen molar-refractivity contribution in [1.29, 1.82) is 0 Å². The van der Waals surface area contributed by atoms with E-state index >= 15 is 0 Å². The van der Waals surface area contributed by atoms with Gasteiger partial charge in [0.15, 0.2) is 0 Å². The lowest BCUT2D eigenvalue weighted by Crippen LogP contribution is -2.10. The Morgan fingerprint density at radius 3 is 2.19 bits per heavy atom. The summed E-state index contributed by atoms with van der Waals surface area (Å²) in [5.74, 6) is -0.213. The summed E-state index contributed by atoms with van der Waals surface area (Å²) in [6, 6.07) is 10.5. The first-order chi connectivity index (χ1) is 9.90. The minimum atomic E-state index is -4.49. The highest BCUT2D eigenvalue weighted by molar-refractivity contribution is 6.30. The summed E-state index contributed by atoms with van der Waals surface area (Å²) >= 11 is 5.75. The van der Waals surface area contributed by atoms with Crippen molar-refractivity contribution < 1.29 is 17.9 Å². The Morgan fingerprint density at radius 2 is 1.62 bits per heavy atom. The Morgan fingerprint density at radius 1 is 1.00 bits per heavy atom. The minimum Gasteiger partial charge on any atom is -0.488 e. The van der Waals surface area contributed by atoms with Gasteiger partial charge in [0, 0.05) is 11.6 Å². The molecule has 21 heavy (non-hydrogen) atoms. The molecule has 0 aliphatic heterocycles. The van der Waals surface area contributed by atoms with E-state index in [0.717, 1.165) is 11.6 Å². The summed E-state index contributed by atoms with van der Waals surface area (Å²) in [6.07, 6.45) is -4.49. The van der Waals surface area contributed by atoms with Crippen LogP contribution < -0.4 is 10.5 Å². The molecular formula is C15H13ClF3NO. The molecule has 2 N–H and O–H groups in total. The molecule has 0 spiro atoms. The average Bonchev–Trinajstić information content (AvgIpc) is 2.45. The molecule has 0 saturated heterocycles. The second-order valence-corrected chi connectivity index (χ2v) is 4.88. The van der Waals surface area contributed by atoms with Gasteiger partial charge in [0.2, 0.25) is 0 Å². The molecule has 0 atom stereocenters. The molecule has 0 fully saturated rings. The van der Waals surface area contributed by atoms with Crippen molar-refractivity contribution >= 4 is 11.6 Å². The second-order valence-electron chi connectivity index (χ2n) is 4.45. The lowest BCUT2D eigenvalue weighted by atomic mass is 10.1. The summed E-state index contributed by atoms with van der Waals surface area (Å²) in [5, 5.41) is 0.557. The molecule has 2 rings (SSSR count). The number of nitrogens with two attached hydrogens (primary N) is 1. The molecule has 0 heterocycles. The molecule has 0 aromatic heterocycles. The van der Waals surface area contributed by atoms with Gasteiger partial charge in [-0.05, 0) is 35.4 Å². The second kappa shape index (κ2) is 6.37. The third-order valence-electron chi connectivity index (χ3n) is 2.89. The van der Waals surface area contributed by atoms with E-state index in [2.05, 4.69) is 0 Å². The van der Waals surface area contributed by atoms with Crippen LogP contribution in [0.25, 0.3) is 0 Å². The standard InChI is InChI=1S/C15H13ClF3NO/c16-12-4-1-10(2-5-12)9-21-14-6-3-11(8-20)7-13(14)15(17,18)19/h1-7H,8-9,20H2. The number of hydrogen-bond acceptors (Lipinski definition) is 2. The van der Waals surface area contributed by atoms with E-state index in [1.807, 2.05) is 0 Å². The average molecular weight is 316 g/mol. The van der Waals surface area contributed by atoms with Gasteiger partial charge >= 0.3 is 6.18 Å². The first-order valence-electron chi connectivity index (χ1n) is 6.17. The Labute approximate surface area is 125 Å². The quantitative estimate of drug-likeness (QED) is 0.907. The van der Waals surface area contributed by atoms with E-state index < -0.39 is 11.7 Å². The van der Waals surface area contributed by atoms with Gasteiger partial charge in [-0.2, -0.15) is 13.2 Å². The number of alkyl halides is 3. The van der Waals surface area contributed by atoms with Gasteiger partial charge < -0.3 is 10.5 Å². The van der Waals surface area contributed by atoms with Crippen molar-refractivity contribution in [2.75, 3.05) is 0 Å². The maximum Gasteiger partial charge on any atom is 0.419 e. The number of hydrogen-bond donors (Lipinski definition) is 1. The number of halogens is 4. The molecule has 0 aliphatic rings. The van der Waals surface area contributed by atoms with Crippen LogP contribution in [0.3, 0.4) is 0 Å². The maximum atomic E-state index is 13.0. The smallest absolute Gasteiger partial charge is 0.419 e. The van der Waals surface area contributed by atoms with Gasteiger partial charge in [0.05, 0.1) is 5.56 Å².